The van der Waals surface area contributed by atoms with Crippen LogP contribution in [0.2, 0.25) is 4.34 Å². The van der Waals surface area contributed by atoms with Crippen LogP contribution in [-0.2, 0) is 6.42 Å². The van der Waals surface area contributed by atoms with E-state index in [1.165, 1.54) is 10.9 Å². The largest absolute Gasteiger partial charge is 0.356 e. The molecule has 1 aliphatic rings. The van der Waals surface area contributed by atoms with Crippen molar-refractivity contribution in [3.8, 4) is 0 Å². The minimum atomic E-state index is -0.278. The van der Waals surface area contributed by atoms with Crippen molar-refractivity contribution in [3.05, 3.63) is 45.5 Å². The molecule has 5 nitrogen and oxygen atoms in total. The maximum absolute atomic E-state index is 13.9. The summed E-state index contributed by atoms with van der Waals surface area (Å²) in [5.74, 6) is 0.903. The molecule has 0 radical (unpaired) electrons. The first-order valence-electron chi connectivity index (χ1n) is 8.22. The summed E-state index contributed by atoms with van der Waals surface area (Å²) in [5, 5.41) is 6.71. The number of thiophene rings is 1. The van der Waals surface area contributed by atoms with Gasteiger partial charge in [-0.2, -0.15) is 0 Å². The minimum absolute atomic E-state index is 0. The van der Waals surface area contributed by atoms with Crippen LogP contribution in [0.15, 0.2) is 35.5 Å². The molecule has 3 heterocycles. The van der Waals surface area contributed by atoms with Gasteiger partial charge in [0.1, 0.15) is 0 Å². The number of guanidine groups is 1. The van der Waals surface area contributed by atoms with E-state index >= 15 is 0 Å². The van der Waals surface area contributed by atoms with Gasteiger partial charge in [-0.05, 0) is 37.1 Å². The fourth-order valence-electron chi connectivity index (χ4n) is 2.86. The van der Waals surface area contributed by atoms with Crippen LogP contribution in [0.5, 0.6) is 0 Å². The molecule has 1 atom stereocenters. The van der Waals surface area contributed by atoms with E-state index in [1.807, 2.05) is 17.0 Å². The lowest BCUT2D eigenvalue weighted by Gasteiger charge is -2.19. The van der Waals surface area contributed by atoms with Crippen molar-refractivity contribution in [1.29, 1.82) is 0 Å². The molecule has 1 fully saturated rings. The van der Waals surface area contributed by atoms with E-state index < -0.39 is 0 Å². The van der Waals surface area contributed by atoms with Gasteiger partial charge in [0.25, 0.3) is 0 Å². The average Bonchev–Trinajstić information content (AvgIpc) is 3.23. The number of rotatable bonds is 5. The molecular weight excluding hydrogens is 488 g/mol. The Labute approximate surface area is 179 Å². The van der Waals surface area contributed by atoms with Gasteiger partial charge in [-0.15, -0.1) is 35.3 Å². The Bertz CT molecular complexity index is 741. The van der Waals surface area contributed by atoms with Crippen LogP contribution in [0.1, 0.15) is 11.3 Å². The number of pyridine rings is 1. The maximum atomic E-state index is 13.9. The monoisotopic (exact) mass is 509 g/mol. The molecule has 0 aliphatic carbocycles. The molecule has 3 rings (SSSR count). The van der Waals surface area contributed by atoms with Gasteiger partial charge in [-0.25, -0.2) is 9.37 Å². The number of nitrogens with zero attached hydrogens (tertiary/aromatic N) is 3. The second kappa shape index (κ2) is 10.3. The van der Waals surface area contributed by atoms with Gasteiger partial charge in [-0.3, -0.25) is 4.99 Å². The van der Waals surface area contributed by atoms with Crippen LogP contribution >= 0.6 is 46.9 Å². The van der Waals surface area contributed by atoms with E-state index in [-0.39, 0.29) is 35.8 Å². The van der Waals surface area contributed by atoms with E-state index in [1.54, 1.807) is 30.6 Å². The zero-order valence-corrected chi connectivity index (χ0v) is 18.3. The molecule has 9 heteroatoms. The normalized spacial score (nSPS) is 17.1. The van der Waals surface area contributed by atoms with Gasteiger partial charge in [0, 0.05) is 43.8 Å². The van der Waals surface area contributed by atoms with Crippen LogP contribution in [-0.4, -0.2) is 43.7 Å². The Morgan fingerprint density at radius 1 is 1.46 bits per heavy atom. The van der Waals surface area contributed by atoms with Crippen LogP contribution in [0, 0.1) is 5.82 Å². The number of aromatic nitrogens is 1. The first kappa shape index (κ1) is 21.2. The van der Waals surface area contributed by atoms with E-state index in [0.29, 0.717) is 12.4 Å². The molecule has 0 saturated carbocycles. The Kier molecular flexibility index (Phi) is 8.36. The maximum Gasteiger partial charge on any atom is 0.191 e. The summed E-state index contributed by atoms with van der Waals surface area (Å²) in [7, 11) is 1.75. The standard InChI is InChI=1S/C17H21ClFN5S.HI/c1-20-17(22-9-6-13-4-5-15(18)25-13)23-12-7-10-24(11-12)16-14(19)3-2-8-21-16;/h2-5,8,12H,6-7,9-11H2,1H3,(H2,20,22,23);1H. The van der Waals surface area contributed by atoms with E-state index in [2.05, 4.69) is 20.6 Å². The lowest BCUT2D eigenvalue weighted by atomic mass is 10.3. The topological polar surface area (TPSA) is 52.6 Å². The lowest BCUT2D eigenvalue weighted by Crippen LogP contribution is -2.45. The van der Waals surface area contributed by atoms with E-state index in [0.717, 1.165) is 36.2 Å². The molecule has 142 valence electrons. The zero-order valence-electron chi connectivity index (χ0n) is 14.4. The minimum Gasteiger partial charge on any atom is -0.356 e. The van der Waals surface area contributed by atoms with Crippen LogP contribution in [0.3, 0.4) is 0 Å². The Morgan fingerprint density at radius 2 is 2.31 bits per heavy atom. The Morgan fingerprint density at radius 3 is 3.00 bits per heavy atom. The highest BCUT2D eigenvalue weighted by Gasteiger charge is 2.25. The second-order valence-electron chi connectivity index (χ2n) is 5.84. The summed E-state index contributed by atoms with van der Waals surface area (Å²) in [6, 6.07) is 7.22. The number of hydrogen-bond donors (Lipinski definition) is 2. The predicted octanol–water partition coefficient (Wildman–Crippen LogP) is 3.54. The third kappa shape index (κ3) is 5.68. The first-order chi connectivity index (χ1) is 12.2. The van der Waals surface area contributed by atoms with Gasteiger partial charge in [0.2, 0.25) is 0 Å². The van der Waals surface area contributed by atoms with E-state index in [4.69, 9.17) is 11.6 Å². The molecule has 0 spiro atoms. The molecule has 1 aliphatic heterocycles. The molecule has 1 unspecified atom stereocenters. The average molecular weight is 510 g/mol. The highest BCUT2D eigenvalue weighted by molar-refractivity contribution is 14.0. The summed E-state index contributed by atoms with van der Waals surface area (Å²) < 4.78 is 14.7. The number of nitrogens with one attached hydrogen (secondary N) is 2. The molecule has 2 N–H and O–H groups in total. The molecule has 1 saturated heterocycles. The first-order valence-corrected chi connectivity index (χ1v) is 9.42. The van der Waals surface area contributed by atoms with Gasteiger partial charge in [-0.1, -0.05) is 11.6 Å². The summed E-state index contributed by atoms with van der Waals surface area (Å²) in [6.45, 7) is 2.26. The van der Waals surface area contributed by atoms with Gasteiger partial charge in [0.05, 0.1) is 4.34 Å². The third-order valence-corrected chi connectivity index (χ3v) is 5.37. The summed E-state index contributed by atoms with van der Waals surface area (Å²) in [5.41, 5.74) is 0. The molecule has 0 amide bonds. The Balaban J connectivity index is 0.00000243. The zero-order chi connectivity index (χ0) is 17.6. The number of hydrogen-bond acceptors (Lipinski definition) is 4. The van der Waals surface area contributed by atoms with Crippen molar-refractivity contribution >= 4 is 58.7 Å². The van der Waals surface area contributed by atoms with Gasteiger partial charge in [0.15, 0.2) is 17.6 Å². The highest BCUT2D eigenvalue weighted by Crippen LogP contribution is 2.22. The van der Waals surface area contributed by atoms with Crippen molar-refractivity contribution in [2.45, 2.75) is 18.9 Å². The summed E-state index contributed by atoms with van der Waals surface area (Å²) in [6.07, 6.45) is 3.43. The molecule has 26 heavy (non-hydrogen) atoms. The van der Waals surface area contributed by atoms with Gasteiger partial charge < -0.3 is 15.5 Å². The van der Waals surface area contributed by atoms with E-state index in [9.17, 15) is 4.39 Å². The van der Waals surface area contributed by atoms with Crippen molar-refractivity contribution < 1.29 is 4.39 Å². The molecule has 0 bridgehead atoms. The molecule has 2 aromatic heterocycles. The predicted molar refractivity (Wildman–Crippen MR) is 118 cm³/mol. The Hall–Kier alpha value is -1.13. The fraction of sp³-hybridized carbons (Fsp3) is 0.412. The lowest BCUT2D eigenvalue weighted by molar-refractivity contribution is 0.612. The van der Waals surface area contributed by atoms with Gasteiger partial charge >= 0.3 is 0 Å². The second-order valence-corrected chi connectivity index (χ2v) is 7.64. The quantitative estimate of drug-likeness (QED) is 0.368. The van der Waals surface area contributed by atoms with Crippen LogP contribution < -0.4 is 15.5 Å². The SMILES string of the molecule is CN=C(NCCc1ccc(Cl)s1)NC1CCN(c2ncccc2F)C1.I. The highest BCUT2D eigenvalue weighted by atomic mass is 127. The molecule has 2 aromatic rings. The molecule has 0 aromatic carbocycles. The molecular formula is C17H22ClFIN5S. The number of anilines is 1. The summed E-state index contributed by atoms with van der Waals surface area (Å²) in [4.78, 5) is 11.6. The van der Waals surface area contributed by atoms with Crippen molar-refractivity contribution in [2.24, 2.45) is 4.99 Å². The van der Waals surface area contributed by atoms with Crippen molar-refractivity contribution in [3.63, 3.8) is 0 Å². The number of aliphatic imine (C=N–C) groups is 1. The van der Waals surface area contributed by atoms with Crippen molar-refractivity contribution in [1.82, 2.24) is 15.6 Å². The van der Waals surface area contributed by atoms with Crippen LogP contribution in [0.4, 0.5) is 10.2 Å². The van der Waals surface area contributed by atoms with Crippen LogP contribution in [0.25, 0.3) is 0 Å². The van der Waals surface area contributed by atoms with Crippen molar-refractivity contribution in [2.75, 3.05) is 31.6 Å². The number of halogens is 3. The third-order valence-electron chi connectivity index (χ3n) is 4.08. The fourth-order valence-corrected chi connectivity index (χ4v) is 3.95. The smallest absolute Gasteiger partial charge is 0.191 e. The summed E-state index contributed by atoms with van der Waals surface area (Å²) >= 11 is 7.54.